The molecule has 0 radical (unpaired) electrons. The van der Waals surface area contributed by atoms with Crippen molar-refractivity contribution in [3.8, 4) is 0 Å². The summed E-state index contributed by atoms with van der Waals surface area (Å²) in [5.41, 5.74) is 0. The van der Waals surface area contributed by atoms with Gasteiger partial charge in [-0.25, -0.2) is 0 Å². The molecule has 21 valence electrons. The predicted octanol–water partition coefficient (Wildman–Crippen LogP) is -3.16. The molecule has 4 heavy (non-hydrogen) atoms. The first-order valence-corrected chi connectivity index (χ1v) is 0.561. The molecule has 0 heterocycles. The maximum absolute atomic E-state index is 7.94. The summed E-state index contributed by atoms with van der Waals surface area (Å²) in [6.07, 6.45) is 0. The van der Waals surface area contributed by atoms with Crippen LogP contribution in [0.4, 0.5) is 0 Å². The van der Waals surface area contributed by atoms with Gasteiger partial charge >= 0.3 is 61.4 Å². The van der Waals surface area contributed by atoms with Crippen molar-refractivity contribution < 1.29 is 42.7 Å². The van der Waals surface area contributed by atoms with E-state index >= 15 is 0 Å². The maximum atomic E-state index is 7.94. The van der Waals surface area contributed by atoms with Crippen LogP contribution in [0, 0.1) is 0 Å². The van der Waals surface area contributed by atoms with E-state index in [-0.39, 0.29) is 46.2 Å². The Bertz CT molecular complexity index is 14.9. The first kappa shape index (κ1) is 17.3. The molecule has 0 rings (SSSR count). The molecule has 0 aliphatic rings. The van der Waals surface area contributed by atoms with Crippen LogP contribution in [0.3, 0.4) is 0 Å². The van der Waals surface area contributed by atoms with Crippen molar-refractivity contribution in [2.75, 3.05) is 0 Å². The van der Waals surface area contributed by atoms with Gasteiger partial charge in [-0.2, -0.15) is 0 Å². The summed E-state index contributed by atoms with van der Waals surface area (Å²) < 4.78 is 7.94. The Morgan fingerprint density at radius 2 is 1.50 bits per heavy atom. The van der Waals surface area contributed by atoms with E-state index in [2.05, 4.69) is 15.7 Å². The van der Waals surface area contributed by atoms with E-state index in [4.69, 9.17) is 3.87 Å². The zero-order valence-corrected chi connectivity index (χ0v) is 4.90. The van der Waals surface area contributed by atoms with E-state index < -0.39 is 0 Å². The summed E-state index contributed by atoms with van der Waals surface area (Å²) >= 11 is 2.31. The summed E-state index contributed by atoms with van der Waals surface area (Å²) in [6, 6.07) is 0. The summed E-state index contributed by atoms with van der Waals surface area (Å²) in [6.45, 7) is 0. The standard InChI is InChI=1S/Co.Li.Mg.O.3H/q;+1;+2;;3*-1. The minimum atomic E-state index is 0. The average molecular weight is 109 g/mol. The first-order valence-electron chi connectivity index (χ1n) is 0.136. The van der Waals surface area contributed by atoms with Crippen molar-refractivity contribution in [2.24, 2.45) is 0 Å². The van der Waals surface area contributed by atoms with Gasteiger partial charge in [-0.05, 0) is 0 Å². The SMILES string of the molecule is [H-].[H-].[H-].[Li+].[Mg+2].[O]=[Co]. The van der Waals surface area contributed by atoms with Gasteiger partial charge in [0.1, 0.15) is 0 Å². The predicted molar refractivity (Wildman–Crippen MR) is 9.78 cm³/mol. The quantitative estimate of drug-likeness (QED) is 0.300. The van der Waals surface area contributed by atoms with E-state index in [1.54, 1.807) is 0 Å². The molecule has 0 N–H and O–H groups in total. The van der Waals surface area contributed by atoms with Crippen LogP contribution in [-0.2, 0) is 19.5 Å². The van der Waals surface area contributed by atoms with Gasteiger partial charge in [0.15, 0.2) is 0 Å². The fraction of sp³-hybridized carbons (Fsp3) is 0. The van der Waals surface area contributed by atoms with E-state index in [1.165, 1.54) is 0 Å². The van der Waals surface area contributed by atoms with E-state index in [0.29, 0.717) is 0 Å². The third kappa shape index (κ3) is 9.38. The third-order valence-corrected chi connectivity index (χ3v) is 0. The minimum absolute atomic E-state index is 0. The average Bonchev–Trinajstić information content (AvgIpc) is 1.00. The van der Waals surface area contributed by atoms with Crippen molar-refractivity contribution in [1.29, 1.82) is 0 Å². The topological polar surface area (TPSA) is 17.1 Å². The van der Waals surface area contributed by atoms with Crippen LogP contribution in [0.5, 0.6) is 0 Å². The molecule has 0 aromatic rings. The first-order chi connectivity index (χ1) is 1.00. The Labute approximate surface area is 65.5 Å². The molecule has 1 nitrogen and oxygen atoms in total. The molecule has 0 bridgehead atoms. The van der Waals surface area contributed by atoms with Gasteiger partial charge in [0.25, 0.3) is 0 Å². The molecular formula is H3CoLiMgO. The van der Waals surface area contributed by atoms with Crippen molar-refractivity contribution in [2.45, 2.75) is 0 Å². The van der Waals surface area contributed by atoms with E-state index in [0.717, 1.165) is 0 Å². The van der Waals surface area contributed by atoms with Gasteiger partial charge in [-0.1, -0.05) is 0 Å². The molecule has 0 saturated carbocycles. The van der Waals surface area contributed by atoms with Crippen molar-refractivity contribution in [1.82, 2.24) is 0 Å². The zero-order valence-electron chi connectivity index (χ0n) is 5.45. The van der Waals surface area contributed by atoms with Crippen LogP contribution >= 0.6 is 0 Å². The molecule has 0 aromatic heterocycles. The van der Waals surface area contributed by atoms with E-state index in [1.807, 2.05) is 0 Å². The van der Waals surface area contributed by atoms with Gasteiger partial charge in [0.05, 0.1) is 0 Å². The third-order valence-electron chi connectivity index (χ3n) is 0. The second-order valence-electron chi connectivity index (χ2n) is 0. The molecule has 0 unspecified atom stereocenters. The molecule has 0 aliphatic carbocycles. The Balaban J connectivity index is -0.000000000500. The number of hydrogen-bond acceptors (Lipinski definition) is 1. The molecule has 0 aromatic carbocycles. The van der Waals surface area contributed by atoms with Gasteiger partial charge in [0.2, 0.25) is 0 Å². The zero-order chi connectivity index (χ0) is 2.00. The Hall–Kier alpha value is 1.67. The Kier molecular flexibility index (Phi) is 97.8. The van der Waals surface area contributed by atoms with Crippen LogP contribution in [-0.4, -0.2) is 23.1 Å². The molecule has 0 fully saturated rings. The molecule has 0 aliphatic heterocycles. The van der Waals surface area contributed by atoms with Gasteiger partial charge in [-0.15, -0.1) is 0 Å². The monoisotopic (exact) mass is 109 g/mol. The summed E-state index contributed by atoms with van der Waals surface area (Å²) in [5, 5.41) is 0. The fourth-order valence-corrected chi connectivity index (χ4v) is 0. The second-order valence-corrected chi connectivity index (χ2v) is 0. The van der Waals surface area contributed by atoms with Crippen LogP contribution in [0.15, 0.2) is 0 Å². The number of hydrogen-bond donors (Lipinski definition) is 0. The molecule has 0 saturated heterocycles. The van der Waals surface area contributed by atoms with Crippen LogP contribution in [0.25, 0.3) is 0 Å². The second kappa shape index (κ2) is 22.6. The molecule has 4 heteroatoms. The van der Waals surface area contributed by atoms with Crippen LogP contribution in [0.1, 0.15) is 4.28 Å². The van der Waals surface area contributed by atoms with Crippen molar-refractivity contribution >= 4 is 23.1 Å². The Morgan fingerprint density at radius 1 is 1.50 bits per heavy atom. The Morgan fingerprint density at radius 3 is 1.50 bits per heavy atom. The van der Waals surface area contributed by atoms with E-state index in [9.17, 15) is 0 Å². The summed E-state index contributed by atoms with van der Waals surface area (Å²) in [4.78, 5) is 0. The normalized spacial score (nSPS) is 1.25. The summed E-state index contributed by atoms with van der Waals surface area (Å²) in [5.74, 6) is 0. The fourth-order valence-electron chi connectivity index (χ4n) is 0. The van der Waals surface area contributed by atoms with Crippen LogP contribution in [0.2, 0.25) is 0 Å². The van der Waals surface area contributed by atoms with Gasteiger partial charge < -0.3 is 4.28 Å². The molecule has 0 atom stereocenters. The van der Waals surface area contributed by atoms with Gasteiger partial charge in [0, 0.05) is 0 Å². The number of rotatable bonds is 0. The molecule has 0 amide bonds. The molecular weight excluding hydrogens is 106 g/mol. The summed E-state index contributed by atoms with van der Waals surface area (Å²) in [7, 11) is 0. The van der Waals surface area contributed by atoms with Crippen molar-refractivity contribution in [3.05, 3.63) is 0 Å². The van der Waals surface area contributed by atoms with Crippen molar-refractivity contribution in [3.63, 3.8) is 0 Å². The molecule has 0 spiro atoms. The van der Waals surface area contributed by atoms with Gasteiger partial charge in [-0.3, -0.25) is 0 Å². The van der Waals surface area contributed by atoms with Crippen LogP contribution < -0.4 is 18.9 Å².